The Labute approximate surface area is 148 Å². The lowest BCUT2D eigenvalue weighted by Crippen LogP contribution is -2.53. The van der Waals surface area contributed by atoms with Crippen LogP contribution in [0.1, 0.15) is 50.0 Å². The number of carbonyl (C=O) groups excluding carboxylic acids is 2. The fourth-order valence-corrected chi connectivity index (χ4v) is 3.11. The first-order valence-corrected chi connectivity index (χ1v) is 8.64. The smallest absolute Gasteiger partial charge is 0.326 e. The first kappa shape index (κ1) is 19.0. The normalized spacial score (nSPS) is 16.1. The molecule has 0 aliphatic carbocycles. The number of amides is 2. The number of nitrogens with zero attached hydrogens (tertiary/aromatic N) is 1. The van der Waals surface area contributed by atoms with E-state index in [4.69, 9.17) is 0 Å². The van der Waals surface area contributed by atoms with E-state index in [9.17, 15) is 19.5 Å². The lowest BCUT2D eigenvalue weighted by molar-refractivity contribution is -0.144. The third-order valence-electron chi connectivity index (χ3n) is 4.45. The summed E-state index contributed by atoms with van der Waals surface area (Å²) < 4.78 is 0. The average Bonchev–Trinajstić information content (AvgIpc) is 2.86. The van der Waals surface area contributed by atoms with Gasteiger partial charge >= 0.3 is 5.97 Å². The molecular formula is C19H26N2O4. The molecule has 136 valence electrons. The number of fused-ring (bicyclic) bond motifs is 1. The van der Waals surface area contributed by atoms with Crippen molar-refractivity contribution in [2.24, 2.45) is 11.8 Å². The van der Waals surface area contributed by atoms with Gasteiger partial charge in [0.05, 0.1) is 0 Å². The first-order valence-electron chi connectivity index (χ1n) is 8.64. The molecule has 1 heterocycles. The summed E-state index contributed by atoms with van der Waals surface area (Å²) in [7, 11) is 0. The lowest BCUT2D eigenvalue weighted by atomic mass is 9.99. The molecule has 1 aromatic rings. The summed E-state index contributed by atoms with van der Waals surface area (Å²) in [4.78, 5) is 38.5. The van der Waals surface area contributed by atoms with Crippen LogP contribution in [-0.2, 0) is 16.1 Å². The van der Waals surface area contributed by atoms with Crippen LogP contribution in [0, 0.1) is 11.8 Å². The Morgan fingerprint density at radius 2 is 1.84 bits per heavy atom. The number of hydrogen-bond acceptors (Lipinski definition) is 3. The highest BCUT2D eigenvalue weighted by Crippen LogP contribution is 2.27. The molecule has 0 fully saturated rings. The number of benzene rings is 1. The number of rotatable bonds is 7. The summed E-state index contributed by atoms with van der Waals surface area (Å²) in [5.41, 5.74) is 1.51. The van der Waals surface area contributed by atoms with Crippen molar-refractivity contribution in [1.29, 1.82) is 0 Å². The van der Waals surface area contributed by atoms with Crippen LogP contribution in [0.2, 0.25) is 0 Å². The van der Waals surface area contributed by atoms with Gasteiger partial charge in [0.15, 0.2) is 0 Å². The molecule has 2 rings (SSSR count). The van der Waals surface area contributed by atoms with Crippen LogP contribution in [0.15, 0.2) is 24.3 Å². The average molecular weight is 346 g/mol. The minimum atomic E-state index is -1.07. The third kappa shape index (κ3) is 4.18. The summed E-state index contributed by atoms with van der Waals surface area (Å²) in [5.74, 6) is -1.70. The predicted molar refractivity (Wildman–Crippen MR) is 94.0 cm³/mol. The number of hydrogen-bond donors (Lipinski definition) is 2. The van der Waals surface area contributed by atoms with Gasteiger partial charge < -0.3 is 15.3 Å². The van der Waals surface area contributed by atoms with Crippen molar-refractivity contribution in [2.75, 3.05) is 0 Å². The van der Waals surface area contributed by atoms with E-state index >= 15 is 0 Å². The highest BCUT2D eigenvalue weighted by atomic mass is 16.4. The zero-order chi connectivity index (χ0) is 18.7. The monoisotopic (exact) mass is 346 g/mol. The maximum Gasteiger partial charge on any atom is 0.326 e. The fraction of sp³-hybridized carbons (Fsp3) is 0.526. The molecular weight excluding hydrogens is 320 g/mol. The van der Waals surface area contributed by atoms with E-state index in [2.05, 4.69) is 5.32 Å². The molecule has 0 radical (unpaired) electrons. The van der Waals surface area contributed by atoms with Gasteiger partial charge in [0.25, 0.3) is 5.91 Å². The van der Waals surface area contributed by atoms with Crippen LogP contribution in [-0.4, -0.2) is 39.9 Å². The third-order valence-corrected chi connectivity index (χ3v) is 4.45. The molecule has 2 amide bonds. The van der Waals surface area contributed by atoms with Gasteiger partial charge in [-0.1, -0.05) is 45.9 Å². The van der Waals surface area contributed by atoms with Gasteiger partial charge in [-0.25, -0.2) is 4.79 Å². The summed E-state index contributed by atoms with van der Waals surface area (Å²) >= 11 is 0. The van der Waals surface area contributed by atoms with E-state index in [1.54, 1.807) is 30.9 Å². The second-order valence-electron chi connectivity index (χ2n) is 7.30. The largest absolute Gasteiger partial charge is 0.480 e. The zero-order valence-corrected chi connectivity index (χ0v) is 15.2. The lowest BCUT2D eigenvalue weighted by Gasteiger charge is -2.30. The van der Waals surface area contributed by atoms with Crippen molar-refractivity contribution in [3.8, 4) is 0 Å². The number of carbonyl (C=O) groups is 3. The van der Waals surface area contributed by atoms with Crippen molar-refractivity contribution in [2.45, 2.75) is 52.7 Å². The molecule has 0 unspecified atom stereocenters. The van der Waals surface area contributed by atoms with Gasteiger partial charge in [0, 0.05) is 12.1 Å². The van der Waals surface area contributed by atoms with E-state index in [1.165, 1.54) is 0 Å². The fourth-order valence-electron chi connectivity index (χ4n) is 3.11. The van der Waals surface area contributed by atoms with Crippen molar-refractivity contribution >= 4 is 17.8 Å². The van der Waals surface area contributed by atoms with Gasteiger partial charge in [0.2, 0.25) is 5.91 Å². The Morgan fingerprint density at radius 3 is 2.36 bits per heavy atom. The molecule has 0 spiro atoms. The van der Waals surface area contributed by atoms with Gasteiger partial charge in [-0.2, -0.15) is 0 Å². The molecule has 6 nitrogen and oxygen atoms in total. The Morgan fingerprint density at radius 1 is 1.20 bits per heavy atom. The van der Waals surface area contributed by atoms with Crippen LogP contribution in [0.5, 0.6) is 0 Å². The quantitative estimate of drug-likeness (QED) is 0.793. The van der Waals surface area contributed by atoms with E-state index in [0.717, 1.165) is 5.56 Å². The van der Waals surface area contributed by atoms with Gasteiger partial charge in [0.1, 0.15) is 12.1 Å². The summed E-state index contributed by atoms with van der Waals surface area (Å²) in [6.45, 7) is 7.82. The van der Waals surface area contributed by atoms with E-state index in [0.29, 0.717) is 18.5 Å². The van der Waals surface area contributed by atoms with Gasteiger partial charge in [-0.15, -0.1) is 0 Å². The van der Waals surface area contributed by atoms with Crippen molar-refractivity contribution < 1.29 is 19.5 Å². The molecule has 0 aromatic heterocycles. The van der Waals surface area contributed by atoms with Crippen LogP contribution < -0.4 is 5.32 Å². The molecule has 0 bridgehead atoms. The SMILES string of the molecule is CC(C)C[C@@H](C(=O)N[C@H](C(=O)O)C(C)C)N1Cc2ccccc2C1=O. The molecule has 2 N–H and O–H groups in total. The zero-order valence-electron chi connectivity index (χ0n) is 15.2. The van der Waals surface area contributed by atoms with Crippen molar-refractivity contribution in [1.82, 2.24) is 10.2 Å². The molecule has 1 aliphatic rings. The maximum absolute atomic E-state index is 12.8. The highest BCUT2D eigenvalue weighted by Gasteiger charge is 2.38. The van der Waals surface area contributed by atoms with Crippen molar-refractivity contribution in [3.63, 3.8) is 0 Å². The Bertz CT molecular complexity index is 669. The van der Waals surface area contributed by atoms with E-state index in [1.807, 2.05) is 26.0 Å². The summed E-state index contributed by atoms with van der Waals surface area (Å²) in [6, 6.07) is 5.66. The number of carboxylic acid groups (broad SMARTS) is 1. The van der Waals surface area contributed by atoms with Crippen LogP contribution >= 0.6 is 0 Å². The van der Waals surface area contributed by atoms with Crippen LogP contribution in [0.25, 0.3) is 0 Å². The molecule has 0 saturated heterocycles. The number of aliphatic carboxylic acids is 1. The Hall–Kier alpha value is -2.37. The number of carboxylic acids is 1. The maximum atomic E-state index is 12.8. The topological polar surface area (TPSA) is 86.7 Å². The van der Waals surface area contributed by atoms with Gasteiger partial charge in [-0.05, 0) is 29.9 Å². The van der Waals surface area contributed by atoms with Gasteiger partial charge in [-0.3, -0.25) is 9.59 Å². The highest BCUT2D eigenvalue weighted by molar-refractivity contribution is 6.01. The second kappa shape index (κ2) is 7.68. The molecule has 6 heteroatoms. The minimum Gasteiger partial charge on any atom is -0.480 e. The molecule has 2 atom stereocenters. The summed E-state index contributed by atoms with van der Waals surface area (Å²) in [5, 5.41) is 11.9. The molecule has 1 aromatic carbocycles. The first-order chi connectivity index (χ1) is 11.7. The second-order valence-corrected chi connectivity index (χ2v) is 7.30. The molecule has 25 heavy (non-hydrogen) atoms. The summed E-state index contributed by atoms with van der Waals surface area (Å²) in [6.07, 6.45) is 0.482. The predicted octanol–water partition coefficient (Wildman–Crippen LogP) is 2.28. The van der Waals surface area contributed by atoms with E-state index in [-0.39, 0.29) is 17.7 Å². The Kier molecular flexibility index (Phi) is 5.82. The molecule has 0 saturated carbocycles. The van der Waals surface area contributed by atoms with Crippen LogP contribution in [0.4, 0.5) is 0 Å². The standard InChI is InChI=1S/C19H26N2O4/c1-11(2)9-15(17(22)20-16(12(3)4)19(24)25)21-10-13-7-5-6-8-14(13)18(21)23/h5-8,11-12,15-16H,9-10H2,1-4H3,(H,20,22)(H,24,25)/t15-,16-/m0/s1. The van der Waals surface area contributed by atoms with Crippen molar-refractivity contribution in [3.05, 3.63) is 35.4 Å². The number of nitrogens with one attached hydrogen (secondary N) is 1. The Balaban J connectivity index is 2.24. The molecule has 1 aliphatic heterocycles. The minimum absolute atomic E-state index is 0.173. The van der Waals surface area contributed by atoms with E-state index < -0.39 is 24.0 Å². The van der Waals surface area contributed by atoms with Crippen LogP contribution in [0.3, 0.4) is 0 Å².